The Bertz CT molecular complexity index is 600. The molecule has 0 N–H and O–H groups in total. The van der Waals surface area contributed by atoms with Gasteiger partial charge in [-0.2, -0.15) is 0 Å². The van der Waals surface area contributed by atoms with Gasteiger partial charge in [0.15, 0.2) is 0 Å². The summed E-state index contributed by atoms with van der Waals surface area (Å²) in [6.45, 7) is -2.43. The van der Waals surface area contributed by atoms with Gasteiger partial charge in [0, 0.05) is 4.11 Å². The van der Waals surface area contributed by atoms with Crippen LogP contribution in [0.1, 0.15) is 22.4 Å². The topological polar surface area (TPSA) is 26.3 Å². The number of fused-ring (bicyclic) bond motifs is 1. The number of hydrogen-bond acceptors (Lipinski definition) is 2. The van der Waals surface area contributed by atoms with Crippen molar-refractivity contribution in [1.29, 1.82) is 0 Å². The number of ether oxygens (including phenoxy) is 1. The van der Waals surface area contributed by atoms with Crippen molar-refractivity contribution in [2.24, 2.45) is 0 Å². The van der Waals surface area contributed by atoms with Gasteiger partial charge in [-0.25, -0.2) is 0 Å². The third-order valence-corrected chi connectivity index (χ3v) is 2.57. The number of hydrogen-bond donors (Lipinski definition) is 0. The quantitative estimate of drug-likeness (QED) is 0.722. The van der Waals surface area contributed by atoms with Gasteiger partial charge in [0.2, 0.25) is 0 Å². The highest BCUT2D eigenvalue weighted by Gasteiger charge is 2.17. The Morgan fingerprint density at radius 1 is 1.25 bits per heavy atom. The molecule has 0 saturated heterocycles. The molecular weight excluding hydrogens is 200 g/mol. The third-order valence-electron chi connectivity index (χ3n) is 2.57. The van der Waals surface area contributed by atoms with E-state index in [1.54, 1.807) is 12.1 Å². The molecule has 0 saturated carbocycles. The van der Waals surface area contributed by atoms with Gasteiger partial charge in [0.1, 0.15) is 0 Å². The summed E-state index contributed by atoms with van der Waals surface area (Å²) in [5.41, 5.74) is 0.477. The summed E-state index contributed by atoms with van der Waals surface area (Å²) in [5, 5.41) is 1.66. The molecule has 0 aromatic heterocycles. The first-order valence-electron chi connectivity index (χ1n) is 6.50. The Morgan fingerprint density at radius 2 is 2.00 bits per heavy atom. The largest absolute Gasteiger partial charge is 0.469 e. The number of rotatable bonds is 2. The molecule has 0 fully saturated rings. The van der Waals surface area contributed by atoms with Crippen molar-refractivity contribution in [3.8, 4) is 0 Å². The van der Waals surface area contributed by atoms with E-state index in [4.69, 9.17) is 4.11 Å². The Balaban J connectivity index is 2.66. The fourth-order valence-electron chi connectivity index (χ4n) is 1.75. The van der Waals surface area contributed by atoms with E-state index < -0.39 is 18.7 Å². The normalized spacial score (nSPS) is 15.9. The Morgan fingerprint density at radius 3 is 2.75 bits per heavy atom. The van der Waals surface area contributed by atoms with E-state index >= 15 is 0 Å². The minimum Gasteiger partial charge on any atom is -0.469 e. The van der Waals surface area contributed by atoms with Crippen molar-refractivity contribution in [3.63, 3.8) is 0 Å². The first kappa shape index (κ1) is 7.44. The Hall–Kier alpha value is -1.83. The lowest BCUT2D eigenvalue weighted by Crippen LogP contribution is -2.11. The van der Waals surface area contributed by atoms with Crippen LogP contribution in [0.25, 0.3) is 10.8 Å². The second-order valence-electron chi connectivity index (χ2n) is 3.52. The molecule has 0 bridgehead atoms. The minimum atomic E-state index is -2.43. The molecule has 0 spiro atoms. The highest BCUT2D eigenvalue weighted by molar-refractivity contribution is 5.90. The van der Waals surface area contributed by atoms with Crippen LogP contribution in [-0.4, -0.2) is 13.1 Å². The summed E-state index contributed by atoms with van der Waals surface area (Å²) >= 11 is 0. The first-order valence-corrected chi connectivity index (χ1v) is 5.00. The summed E-state index contributed by atoms with van der Waals surface area (Å²) in [7, 11) is 1.20. The molecule has 0 aliphatic carbocycles. The van der Waals surface area contributed by atoms with Crippen molar-refractivity contribution in [2.75, 3.05) is 7.11 Å². The van der Waals surface area contributed by atoms with E-state index in [1.807, 2.05) is 30.3 Å². The van der Waals surface area contributed by atoms with E-state index in [2.05, 4.69) is 4.74 Å². The fraction of sp³-hybridized carbons (Fsp3) is 0.214. The zero-order valence-electron chi connectivity index (χ0n) is 11.9. The molecular formula is C14H14O2. The second-order valence-corrected chi connectivity index (χ2v) is 3.52. The van der Waals surface area contributed by atoms with Crippen LogP contribution in [0.5, 0.6) is 0 Å². The number of esters is 1. The molecule has 1 atom stereocenters. The molecule has 16 heavy (non-hydrogen) atoms. The third kappa shape index (κ3) is 1.78. The van der Waals surface area contributed by atoms with Crippen molar-refractivity contribution in [2.45, 2.75) is 12.8 Å². The lowest BCUT2D eigenvalue weighted by Gasteiger charge is -2.12. The van der Waals surface area contributed by atoms with Gasteiger partial charge in [-0.1, -0.05) is 42.5 Å². The summed E-state index contributed by atoms with van der Waals surface area (Å²) in [4.78, 5) is 11.8. The van der Waals surface area contributed by atoms with Crippen LogP contribution >= 0.6 is 0 Å². The van der Waals surface area contributed by atoms with Crippen LogP contribution in [0, 0.1) is 0 Å². The van der Waals surface area contributed by atoms with E-state index in [1.165, 1.54) is 7.11 Å². The fourth-order valence-corrected chi connectivity index (χ4v) is 1.75. The monoisotopic (exact) mass is 217 g/mol. The highest BCUT2D eigenvalue weighted by Crippen LogP contribution is 2.26. The van der Waals surface area contributed by atoms with Gasteiger partial charge >= 0.3 is 5.97 Å². The molecule has 0 aliphatic heterocycles. The van der Waals surface area contributed by atoms with Crippen LogP contribution in [0.3, 0.4) is 0 Å². The molecule has 2 aromatic carbocycles. The second kappa shape index (κ2) is 4.35. The predicted molar refractivity (Wildman–Crippen MR) is 64.4 cm³/mol. The average molecular weight is 217 g/mol. The minimum absolute atomic E-state index is 0.477. The number of carbonyl (C=O) groups excluding carboxylic acids is 1. The molecule has 1 unspecified atom stereocenters. The molecule has 0 heterocycles. The van der Waals surface area contributed by atoms with E-state index in [0.29, 0.717) is 5.56 Å². The van der Waals surface area contributed by atoms with Gasteiger partial charge in [0.25, 0.3) is 0 Å². The standard InChI is InChI=1S/C14H14O2/c1-10(14(15)16-2)12-9-5-7-11-6-3-4-8-13(11)12/h3-10H,1-2H3/i1D3. The lowest BCUT2D eigenvalue weighted by molar-refractivity contribution is -0.141. The molecule has 2 nitrogen and oxygen atoms in total. The average Bonchev–Trinajstić information content (AvgIpc) is 2.37. The SMILES string of the molecule is [2H]C([2H])([2H])C(C(=O)OC)c1cccc2ccccc12. The van der Waals surface area contributed by atoms with E-state index in [-0.39, 0.29) is 0 Å². The molecule has 2 rings (SSSR count). The predicted octanol–water partition coefficient (Wildman–Crippen LogP) is 3.12. The maximum absolute atomic E-state index is 11.8. The van der Waals surface area contributed by atoms with Gasteiger partial charge in [0.05, 0.1) is 13.0 Å². The molecule has 0 amide bonds. The number of methoxy groups -OCH3 is 1. The maximum Gasteiger partial charge on any atom is 0.312 e. The Labute approximate surface area is 99.1 Å². The zero-order chi connectivity index (χ0) is 14.0. The van der Waals surface area contributed by atoms with Crippen LogP contribution in [0.4, 0.5) is 0 Å². The van der Waals surface area contributed by atoms with Gasteiger partial charge in [-0.3, -0.25) is 4.79 Å². The maximum atomic E-state index is 11.8. The van der Waals surface area contributed by atoms with Gasteiger partial charge < -0.3 is 4.74 Å². The van der Waals surface area contributed by atoms with Gasteiger partial charge in [-0.15, -0.1) is 0 Å². The Kier molecular flexibility index (Phi) is 2.03. The van der Waals surface area contributed by atoms with E-state index in [9.17, 15) is 4.79 Å². The van der Waals surface area contributed by atoms with Crippen molar-refractivity contribution >= 4 is 16.7 Å². The van der Waals surface area contributed by atoms with E-state index in [0.717, 1.165) is 10.8 Å². The van der Waals surface area contributed by atoms with Gasteiger partial charge in [-0.05, 0) is 23.2 Å². The van der Waals surface area contributed by atoms with Crippen LogP contribution in [0.15, 0.2) is 42.5 Å². The summed E-state index contributed by atoms with van der Waals surface area (Å²) in [5.74, 6) is -2.00. The molecule has 0 aliphatic rings. The smallest absolute Gasteiger partial charge is 0.312 e. The summed E-state index contributed by atoms with van der Waals surface area (Å²) in [6, 6.07) is 12.7. The molecule has 2 aromatic rings. The first-order chi connectivity index (χ1) is 8.95. The van der Waals surface area contributed by atoms with Crippen molar-refractivity contribution in [1.82, 2.24) is 0 Å². The molecule has 0 radical (unpaired) electrons. The molecule has 2 heteroatoms. The number of benzene rings is 2. The van der Waals surface area contributed by atoms with Crippen LogP contribution < -0.4 is 0 Å². The van der Waals surface area contributed by atoms with Crippen LogP contribution in [0.2, 0.25) is 0 Å². The summed E-state index contributed by atoms with van der Waals surface area (Å²) in [6.07, 6.45) is 0. The van der Waals surface area contributed by atoms with Crippen molar-refractivity contribution < 1.29 is 13.6 Å². The molecule has 82 valence electrons. The highest BCUT2D eigenvalue weighted by atomic mass is 16.5. The van der Waals surface area contributed by atoms with Crippen molar-refractivity contribution in [3.05, 3.63) is 48.0 Å². The zero-order valence-corrected chi connectivity index (χ0v) is 8.94. The summed E-state index contributed by atoms with van der Waals surface area (Å²) < 4.78 is 27.3. The lowest BCUT2D eigenvalue weighted by atomic mass is 9.95. The van der Waals surface area contributed by atoms with Crippen LogP contribution in [-0.2, 0) is 9.53 Å². The number of carbonyl (C=O) groups is 1.